The molecule has 2 aromatic rings. The molecule has 0 radical (unpaired) electrons. The normalized spacial score (nSPS) is 13.0. The number of aromatic nitrogens is 2. The summed E-state index contributed by atoms with van der Waals surface area (Å²) in [5.74, 6) is 0. The van der Waals surface area contributed by atoms with Crippen LogP contribution < -0.4 is 0 Å². The molecule has 0 spiro atoms. The number of aryl methyl sites for hydroxylation is 2. The van der Waals surface area contributed by atoms with Crippen molar-refractivity contribution in [1.29, 1.82) is 0 Å². The lowest BCUT2D eigenvalue weighted by atomic mass is 10.1. The molecule has 3 nitrogen and oxygen atoms in total. The predicted molar refractivity (Wildman–Crippen MR) is 68.6 cm³/mol. The van der Waals surface area contributed by atoms with Gasteiger partial charge in [0.15, 0.2) is 0 Å². The van der Waals surface area contributed by atoms with Crippen molar-refractivity contribution in [3.8, 4) is 0 Å². The fourth-order valence-electron chi connectivity index (χ4n) is 1.70. The molecular weight excluding hydrogens is 288 g/mol. The van der Waals surface area contributed by atoms with E-state index < -0.39 is 6.10 Å². The van der Waals surface area contributed by atoms with Gasteiger partial charge >= 0.3 is 0 Å². The maximum absolute atomic E-state index is 10.1. The number of aliphatic hydroxyl groups excluding tert-OH is 1. The SMILES string of the molecule is Cc1nn(C)cc1C(O)Cc1sccc1Br. The van der Waals surface area contributed by atoms with E-state index in [4.69, 9.17) is 0 Å². The monoisotopic (exact) mass is 300 g/mol. The maximum Gasteiger partial charge on any atom is 0.0871 e. The number of thiophene rings is 1. The second kappa shape index (κ2) is 4.69. The van der Waals surface area contributed by atoms with Crippen molar-refractivity contribution in [3.63, 3.8) is 0 Å². The summed E-state index contributed by atoms with van der Waals surface area (Å²) in [5, 5.41) is 16.4. The van der Waals surface area contributed by atoms with Crippen LogP contribution in [-0.2, 0) is 13.5 Å². The van der Waals surface area contributed by atoms with Gasteiger partial charge in [-0.15, -0.1) is 11.3 Å². The minimum absolute atomic E-state index is 0.483. The van der Waals surface area contributed by atoms with Gasteiger partial charge < -0.3 is 5.11 Å². The van der Waals surface area contributed by atoms with Gasteiger partial charge in [0.25, 0.3) is 0 Å². The van der Waals surface area contributed by atoms with Crippen molar-refractivity contribution in [3.05, 3.63) is 38.3 Å². The number of rotatable bonds is 3. The topological polar surface area (TPSA) is 38.0 Å². The molecule has 0 saturated carbocycles. The molecule has 2 aromatic heterocycles. The molecule has 1 N–H and O–H groups in total. The van der Waals surface area contributed by atoms with E-state index in [1.165, 1.54) is 0 Å². The lowest BCUT2D eigenvalue weighted by Crippen LogP contribution is -2.01. The lowest BCUT2D eigenvalue weighted by Gasteiger charge is -2.08. The summed E-state index contributed by atoms with van der Waals surface area (Å²) in [5.41, 5.74) is 1.80. The molecule has 2 rings (SSSR count). The van der Waals surface area contributed by atoms with Crippen LogP contribution in [0, 0.1) is 6.92 Å². The highest BCUT2D eigenvalue weighted by Gasteiger charge is 2.16. The summed E-state index contributed by atoms with van der Waals surface area (Å²) >= 11 is 5.12. The van der Waals surface area contributed by atoms with Crippen LogP contribution in [0.1, 0.15) is 22.2 Å². The van der Waals surface area contributed by atoms with E-state index in [1.807, 2.05) is 31.6 Å². The Bertz CT molecular complexity index is 492. The number of hydrogen-bond acceptors (Lipinski definition) is 3. The molecule has 2 heterocycles. The minimum atomic E-state index is -0.483. The van der Waals surface area contributed by atoms with Crippen LogP contribution in [-0.4, -0.2) is 14.9 Å². The van der Waals surface area contributed by atoms with Gasteiger partial charge in [0.2, 0.25) is 0 Å². The van der Waals surface area contributed by atoms with Gasteiger partial charge in [-0.3, -0.25) is 4.68 Å². The highest BCUT2D eigenvalue weighted by Crippen LogP contribution is 2.28. The molecule has 0 aliphatic rings. The van der Waals surface area contributed by atoms with Crippen LogP contribution in [0.4, 0.5) is 0 Å². The van der Waals surface area contributed by atoms with Gasteiger partial charge in [0, 0.05) is 34.6 Å². The van der Waals surface area contributed by atoms with E-state index in [1.54, 1.807) is 16.0 Å². The number of halogens is 1. The largest absolute Gasteiger partial charge is 0.388 e. The molecule has 0 aliphatic carbocycles. The molecule has 0 amide bonds. The van der Waals surface area contributed by atoms with Crippen LogP contribution in [0.3, 0.4) is 0 Å². The number of hydrogen-bond donors (Lipinski definition) is 1. The van der Waals surface area contributed by atoms with E-state index in [0.29, 0.717) is 6.42 Å². The van der Waals surface area contributed by atoms with Crippen molar-refractivity contribution >= 4 is 27.3 Å². The van der Waals surface area contributed by atoms with Crippen molar-refractivity contribution in [1.82, 2.24) is 9.78 Å². The first kappa shape index (κ1) is 11.8. The molecule has 86 valence electrons. The smallest absolute Gasteiger partial charge is 0.0871 e. The quantitative estimate of drug-likeness (QED) is 0.946. The number of nitrogens with zero attached hydrogens (tertiary/aromatic N) is 2. The predicted octanol–water partition coefficient (Wildman–Crippen LogP) is 2.83. The number of aliphatic hydroxyl groups is 1. The zero-order chi connectivity index (χ0) is 11.7. The average molecular weight is 301 g/mol. The van der Waals surface area contributed by atoms with E-state index in [0.717, 1.165) is 20.6 Å². The van der Waals surface area contributed by atoms with E-state index in [-0.39, 0.29) is 0 Å². The standard InChI is InChI=1S/C11H13BrN2OS/c1-7-8(6-14(2)13-7)10(15)5-11-9(12)3-4-16-11/h3-4,6,10,15H,5H2,1-2H3. The molecule has 5 heteroatoms. The first-order valence-electron chi connectivity index (χ1n) is 4.98. The molecule has 0 aliphatic heterocycles. The minimum Gasteiger partial charge on any atom is -0.388 e. The summed E-state index contributed by atoms with van der Waals surface area (Å²) in [7, 11) is 1.87. The third-order valence-electron chi connectivity index (χ3n) is 2.48. The van der Waals surface area contributed by atoms with Crippen molar-refractivity contribution in [2.45, 2.75) is 19.4 Å². The summed E-state index contributed by atoms with van der Waals surface area (Å²) in [6.45, 7) is 1.92. The van der Waals surface area contributed by atoms with E-state index in [2.05, 4.69) is 21.0 Å². The zero-order valence-electron chi connectivity index (χ0n) is 9.14. The Morgan fingerprint density at radius 1 is 1.62 bits per heavy atom. The first-order valence-corrected chi connectivity index (χ1v) is 6.65. The molecule has 0 fully saturated rings. The highest BCUT2D eigenvalue weighted by molar-refractivity contribution is 9.10. The van der Waals surface area contributed by atoms with Crippen LogP contribution in [0.15, 0.2) is 22.1 Å². The molecule has 1 atom stereocenters. The van der Waals surface area contributed by atoms with Gasteiger partial charge in [-0.2, -0.15) is 5.10 Å². The fraction of sp³-hybridized carbons (Fsp3) is 0.364. The Morgan fingerprint density at radius 2 is 2.38 bits per heavy atom. The van der Waals surface area contributed by atoms with Gasteiger partial charge in [-0.25, -0.2) is 0 Å². The lowest BCUT2D eigenvalue weighted by molar-refractivity contribution is 0.178. The van der Waals surface area contributed by atoms with Crippen LogP contribution >= 0.6 is 27.3 Å². The molecule has 0 bridgehead atoms. The third-order valence-corrected chi connectivity index (χ3v) is 4.43. The Balaban J connectivity index is 2.17. The summed E-state index contributed by atoms with van der Waals surface area (Å²) in [6, 6.07) is 2.00. The van der Waals surface area contributed by atoms with Gasteiger partial charge in [-0.1, -0.05) is 0 Å². The molecular formula is C11H13BrN2OS. The van der Waals surface area contributed by atoms with Crippen LogP contribution in [0.2, 0.25) is 0 Å². The fourth-order valence-corrected chi connectivity index (χ4v) is 3.25. The van der Waals surface area contributed by atoms with Crippen LogP contribution in [0.25, 0.3) is 0 Å². The van der Waals surface area contributed by atoms with Gasteiger partial charge in [-0.05, 0) is 34.3 Å². The zero-order valence-corrected chi connectivity index (χ0v) is 11.5. The Morgan fingerprint density at radius 3 is 2.88 bits per heavy atom. The van der Waals surface area contributed by atoms with E-state index >= 15 is 0 Å². The summed E-state index contributed by atoms with van der Waals surface area (Å²) < 4.78 is 2.80. The van der Waals surface area contributed by atoms with E-state index in [9.17, 15) is 5.11 Å². The highest BCUT2D eigenvalue weighted by atomic mass is 79.9. The Hall–Kier alpha value is -0.650. The molecule has 0 saturated heterocycles. The van der Waals surface area contributed by atoms with Gasteiger partial charge in [0.1, 0.15) is 0 Å². The van der Waals surface area contributed by atoms with Crippen LogP contribution in [0.5, 0.6) is 0 Å². The molecule has 1 unspecified atom stereocenters. The molecule has 0 aromatic carbocycles. The third kappa shape index (κ3) is 2.36. The van der Waals surface area contributed by atoms with Crippen molar-refractivity contribution < 1.29 is 5.11 Å². The van der Waals surface area contributed by atoms with Crippen molar-refractivity contribution in [2.24, 2.45) is 7.05 Å². The average Bonchev–Trinajstić information content (AvgIpc) is 2.74. The summed E-state index contributed by atoms with van der Waals surface area (Å²) in [4.78, 5) is 1.16. The van der Waals surface area contributed by atoms with Gasteiger partial charge in [0.05, 0.1) is 11.8 Å². The second-order valence-corrected chi connectivity index (χ2v) is 5.61. The first-order chi connectivity index (χ1) is 7.58. The second-order valence-electron chi connectivity index (χ2n) is 3.76. The summed E-state index contributed by atoms with van der Waals surface area (Å²) in [6.07, 6.45) is 2.02. The maximum atomic E-state index is 10.1. The van der Waals surface area contributed by atoms with Crippen molar-refractivity contribution in [2.75, 3.05) is 0 Å². The Kier molecular flexibility index (Phi) is 3.47. The Labute approximate surface area is 107 Å². The molecule has 16 heavy (non-hydrogen) atoms.